The minimum absolute atomic E-state index is 0.00634. The lowest BCUT2D eigenvalue weighted by Crippen LogP contribution is -2.61. The van der Waals surface area contributed by atoms with Crippen molar-refractivity contribution in [3.8, 4) is 0 Å². The van der Waals surface area contributed by atoms with E-state index in [4.69, 9.17) is 21.1 Å². The molecule has 0 aliphatic carbocycles. The molecule has 1 unspecified atom stereocenters. The summed E-state index contributed by atoms with van der Waals surface area (Å²) in [5.41, 5.74) is -2.80. The maximum absolute atomic E-state index is 15.3. The van der Waals surface area contributed by atoms with Crippen molar-refractivity contribution < 1.29 is 18.7 Å². The molecule has 3 heterocycles. The van der Waals surface area contributed by atoms with Crippen LogP contribution in [0.3, 0.4) is 0 Å². The van der Waals surface area contributed by atoms with Gasteiger partial charge in [-0.25, -0.2) is 14.2 Å². The van der Waals surface area contributed by atoms with Crippen LogP contribution < -0.4 is 0 Å². The smallest absolute Gasteiger partial charge is 0.346 e. The van der Waals surface area contributed by atoms with Gasteiger partial charge in [0.25, 0.3) is 0 Å². The molecular weight excluding hydrogens is 319 g/mol. The van der Waals surface area contributed by atoms with E-state index in [0.29, 0.717) is 17.4 Å². The fraction of sp³-hybridized carbons (Fsp3) is 0.692. The molecule has 0 N–H and O–H groups in total. The molecule has 2 fully saturated rings. The number of carbonyl (C=O) groups excluding carboxylic acids is 1. The number of aromatic nitrogens is 1. The summed E-state index contributed by atoms with van der Waals surface area (Å²) in [5.74, 6) is -0.784. The zero-order valence-corrected chi connectivity index (χ0v) is 13.2. The number of nitrogens with zero attached hydrogens (tertiary/aromatic N) is 2. The molecule has 21 heavy (non-hydrogen) atoms. The molecule has 0 bridgehead atoms. The zero-order chi connectivity index (χ0) is 15.1. The number of thiazole rings is 1. The zero-order valence-electron chi connectivity index (χ0n) is 11.6. The monoisotopic (exact) mass is 334 g/mol. The van der Waals surface area contributed by atoms with Crippen molar-refractivity contribution in [3.63, 3.8) is 0 Å². The van der Waals surface area contributed by atoms with Crippen molar-refractivity contribution in [3.05, 3.63) is 15.5 Å². The SMILES string of the molecule is CCOC(=O)C1(F)CN(Cc2ncc(Cl)s2)CC12COC2. The molecule has 2 aliphatic heterocycles. The third-order valence-electron chi connectivity index (χ3n) is 4.05. The van der Waals surface area contributed by atoms with Gasteiger partial charge in [-0.3, -0.25) is 4.90 Å². The lowest BCUT2D eigenvalue weighted by molar-refractivity contribution is -0.196. The first kappa shape index (κ1) is 15.1. The Morgan fingerprint density at radius 2 is 2.38 bits per heavy atom. The lowest BCUT2D eigenvalue weighted by atomic mass is 9.74. The summed E-state index contributed by atoms with van der Waals surface area (Å²) >= 11 is 7.22. The van der Waals surface area contributed by atoms with Crippen molar-refractivity contribution in [2.24, 2.45) is 5.41 Å². The molecule has 0 saturated carbocycles. The van der Waals surface area contributed by atoms with Gasteiger partial charge in [0.1, 0.15) is 9.34 Å². The highest BCUT2D eigenvalue weighted by Gasteiger charge is 2.67. The van der Waals surface area contributed by atoms with E-state index in [1.165, 1.54) is 11.3 Å². The van der Waals surface area contributed by atoms with Crippen molar-refractivity contribution in [2.75, 3.05) is 32.9 Å². The van der Waals surface area contributed by atoms with E-state index in [2.05, 4.69) is 4.98 Å². The average Bonchev–Trinajstić information content (AvgIpc) is 2.92. The Morgan fingerprint density at radius 3 is 2.90 bits per heavy atom. The van der Waals surface area contributed by atoms with E-state index in [-0.39, 0.29) is 26.4 Å². The average molecular weight is 335 g/mol. The van der Waals surface area contributed by atoms with Gasteiger partial charge in [-0.2, -0.15) is 0 Å². The number of alkyl halides is 1. The third-order valence-corrected chi connectivity index (χ3v) is 5.15. The second kappa shape index (κ2) is 5.46. The minimum atomic E-state index is -2.01. The molecule has 3 rings (SSSR count). The van der Waals surface area contributed by atoms with Gasteiger partial charge in [0.2, 0.25) is 5.67 Å². The standard InChI is InChI=1S/C13H16ClFN2O3S/c1-2-20-11(18)13(15)6-17(5-12(13)7-19-8-12)4-10-16-3-9(14)21-10/h3H,2,4-8H2,1H3. The summed E-state index contributed by atoms with van der Waals surface area (Å²) in [7, 11) is 0. The van der Waals surface area contributed by atoms with Crippen LogP contribution in [0.5, 0.6) is 0 Å². The first-order chi connectivity index (χ1) is 9.99. The Balaban J connectivity index is 1.77. The van der Waals surface area contributed by atoms with Crippen molar-refractivity contribution in [2.45, 2.75) is 19.1 Å². The van der Waals surface area contributed by atoms with Crippen LogP contribution >= 0.6 is 22.9 Å². The molecule has 2 aliphatic rings. The predicted molar refractivity (Wildman–Crippen MR) is 76.1 cm³/mol. The number of carbonyl (C=O) groups is 1. The summed E-state index contributed by atoms with van der Waals surface area (Å²) in [6.45, 7) is 3.28. The van der Waals surface area contributed by atoms with Crippen LogP contribution in [0.2, 0.25) is 4.34 Å². The number of rotatable bonds is 4. The van der Waals surface area contributed by atoms with Crippen LogP contribution in [-0.4, -0.2) is 54.4 Å². The third kappa shape index (κ3) is 2.46. The number of ether oxygens (including phenoxy) is 2. The number of likely N-dealkylation sites (tertiary alicyclic amines) is 1. The van der Waals surface area contributed by atoms with Crippen LogP contribution in [-0.2, 0) is 20.8 Å². The Labute approximate surface area is 131 Å². The summed E-state index contributed by atoms with van der Waals surface area (Å²) in [4.78, 5) is 18.1. The number of halogens is 2. The minimum Gasteiger partial charge on any atom is -0.464 e. The molecule has 1 aromatic rings. The molecule has 116 valence electrons. The second-order valence-corrected chi connectivity index (χ2v) is 7.24. The Morgan fingerprint density at radius 1 is 1.62 bits per heavy atom. The maximum Gasteiger partial charge on any atom is 0.346 e. The highest BCUT2D eigenvalue weighted by molar-refractivity contribution is 7.15. The van der Waals surface area contributed by atoms with Crippen LogP contribution in [0.25, 0.3) is 0 Å². The fourth-order valence-corrected chi connectivity index (χ4v) is 3.94. The van der Waals surface area contributed by atoms with Crippen LogP contribution in [0.1, 0.15) is 11.9 Å². The van der Waals surface area contributed by atoms with Crippen molar-refractivity contribution >= 4 is 28.9 Å². The lowest BCUT2D eigenvalue weighted by Gasteiger charge is -2.44. The quantitative estimate of drug-likeness (QED) is 0.787. The van der Waals surface area contributed by atoms with Gasteiger partial charge in [0.15, 0.2) is 0 Å². The molecule has 1 aromatic heterocycles. The normalized spacial score (nSPS) is 27.8. The van der Waals surface area contributed by atoms with Gasteiger partial charge < -0.3 is 9.47 Å². The summed E-state index contributed by atoms with van der Waals surface area (Å²) in [6.07, 6.45) is 1.58. The maximum atomic E-state index is 15.3. The first-order valence-electron chi connectivity index (χ1n) is 6.75. The molecule has 1 spiro atoms. The molecule has 0 radical (unpaired) electrons. The molecule has 0 amide bonds. The predicted octanol–water partition coefficient (Wildman–Crippen LogP) is 1.90. The Hall–Kier alpha value is -0.760. The van der Waals surface area contributed by atoms with E-state index >= 15 is 4.39 Å². The highest BCUT2D eigenvalue weighted by atomic mass is 35.5. The molecule has 0 aromatic carbocycles. The number of hydrogen-bond donors (Lipinski definition) is 0. The number of esters is 1. The fourth-order valence-electron chi connectivity index (χ4n) is 2.94. The molecular formula is C13H16ClFN2O3S. The molecule has 5 nitrogen and oxygen atoms in total. The van der Waals surface area contributed by atoms with Gasteiger partial charge >= 0.3 is 5.97 Å². The molecule has 8 heteroatoms. The summed E-state index contributed by atoms with van der Waals surface area (Å²) in [6, 6.07) is 0. The van der Waals surface area contributed by atoms with Crippen molar-refractivity contribution in [1.82, 2.24) is 9.88 Å². The van der Waals surface area contributed by atoms with Crippen LogP contribution in [0, 0.1) is 5.41 Å². The highest BCUT2D eigenvalue weighted by Crippen LogP contribution is 2.48. The van der Waals surface area contributed by atoms with E-state index in [1.807, 2.05) is 4.90 Å². The first-order valence-corrected chi connectivity index (χ1v) is 7.95. The summed E-state index contributed by atoms with van der Waals surface area (Å²) in [5, 5.41) is 0.809. The van der Waals surface area contributed by atoms with Gasteiger partial charge in [0, 0.05) is 13.1 Å². The van der Waals surface area contributed by atoms with Gasteiger partial charge in [-0.05, 0) is 6.92 Å². The van der Waals surface area contributed by atoms with Gasteiger partial charge in [0.05, 0.1) is 38.0 Å². The topological polar surface area (TPSA) is 51.7 Å². The molecule has 2 saturated heterocycles. The van der Waals surface area contributed by atoms with E-state index in [1.54, 1.807) is 13.1 Å². The number of hydrogen-bond acceptors (Lipinski definition) is 6. The van der Waals surface area contributed by atoms with E-state index in [9.17, 15) is 4.79 Å². The molecule has 1 atom stereocenters. The Bertz CT molecular complexity index is 551. The van der Waals surface area contributed by atoms with Crippen molar-refractivity contribution in [1.29, 1.82) is 0 Å². The Kier molecular flexibility index (Phi) is 3.94. The largest absolute Gasteiger partial charge is 0.464 e. The van der Waals surface area contributed by atoms with E-state index < -0.39 is 17.1 Å². The summed E-state index contributed by atoms with van der Waals surface area (Å²) < 4.78 is 26.0. The van der Waals surface area contributed by atoms with Gasteiger partial charge in [-0.15, -0.1) is 11.3 Å². The van der Waals surface area contributed by atoms with Crippen LogP contribution in [0.4, 0.5) is 4.39 Å². The van der Waals surface area contributed by atoms with E-state index in [0.717, 1.165) is 5.01 Å². The van der Waals surface area contributed by atoms with Crippen LogP contribution in [0.15, 0.2) is 6.20 Å². The van der Waals surface area contributed by atoms with Gasteiger partial charge in [-0.1, -0.05) is 11.6 Å². The second-order valence-electron chi connectivity index (χ2n) is 5.50.